The first-order valence-corrected chi connectivity index (χ1v) is 16.5. The summed E-state index contributed by atoms with van der Waals surface area (Å²) in [6.45, 7) is 7.42. The molecule has 55 heavy (non-hydrogen) atoms. The number of halogens is 4. The molecule has 0 N–H and O–H groups in total. The topological polar surface area (TPSA) is 115 Å². The van der Waals surface area contributed by atoms with Crippen molar-refractivity contribution in [1.82, 2.24) is 39.5 Å². The second kappa shape index (κ2) is 13.9. The van der Waals surface area contributed by atoms with Gasteiger partial charge in [-0.15, -0.1) is 4.68 Å². The van der Waals surface area contributed by atoms with E-state index < -0.39 is 28.7 Å². The SMILES string of the molecule is [C-]#[N+]c1ccn(-c2cccc(C(c3cccc(-c4ccc(F)cc4F)n3)(c3cccc(-c4ccc(F)cc4F)n3)c3cccc(-n4ccc(C#N)n4)n3)n2)n1. The molecule has 0 amide bonds. The van der Waals surface area contributed by atoms with Crippen LogP contribution in [0, 0.1) is 41.2 Å². The van der Waals surface area contributed by atoms with Crippen LogP contribution in [0.3, 0.4) is 0 Å². The fourth-order valence-electron chi connectivity index (χ4n) is 6.30. The molecule has 0 aliphatic carbocycles. The van der Waals surface area contributed by atoms with Crippen molar-refractivity contribution in [1.29, 1.82) is 5.26 Å². The Balaban J connectivity index is 1.48. The number of aromatic nitrogens is 8. The van der Waals surface area contributed by atoms with E-state index in [1.165, 1.54) is 33.6 Å². The molecule has 8 rings (SSSR count). The Labute approximate surface area is 310 Å². The lowest BCUT2D eigenvalue weighted by Gasteiger charge is -2.33. The summed E-state index contributed by atoms with van der Waals surface area (Å²) in [7, 11) is 0. The van der Waals surface area contributed by atoms with Crippen molar-refractivity contribution < 1.29 is 17.6 Å². The number of pyridine rings is 4. The van der Waals surface area contributed by atoms with Crippen molar-refractivity contribution in [2.75, 3.05) is 0 Å². The van der Waals surface area contributed by atoms with E-state index in [4.69, 9.17) is 26.5 Å². The Morgan fingerprint density at radius 3 is 1.49 bits per heavy atom. The molecule has 264 valence electrons. The number of hydrogen-bond acceptors (Lipinski definition) is 7. The molecule has 2 aromatic carbocycles. The van der Waals surface area contributed by atoms with E-state index in [9.17, 15) is 14.0 Å². The van der Waals surface area contributed by atoms with Gasteiger partial charge in [0.1, 0.15) is 34.8 Å². The maximum Gasteiger partial charge on any atom is 0.295 e. The second-order valence-corrected chi connectivity index (χ2v) is 12.1. The van der Waals surface area contributed by atoms with Gasteiger partial charge in [0.2, 0.25) is 0 Å². The molecule has 0 spiro atoms. The highest BCUT2D eigenvalue weighted by molar-refractivity contribution is 5.65. The Morgan fingerprint density at radius 2 is 1.04 bits per heavy atom. The summed E-state index contributed by atoms with van der Waals surface area (Å²) in [6.07, 6.45) is 3.15. The molecule has 0 radical (unpaired) electrons. The van der Waals surface area contributed by atoms with Crippen LogP contribution in [-0.4, -0.2) is 39.5 Å². The van der Waals surface area contributed by atoms with Gasteiger partial charge >= 0.3 is 0 Å². The summed E-state index contributed by atoms with van der Waals surface area (Å²) in [6, 6.07) is 31.4. The second-order valence-electron chi connectivity index (χ2n) is 12.1. The van der Waals surface area contributed by atoms with Crippen LogP contribution in [0.15, 0.2) is 134 Å². The third kappa shape index (κ3) is 6.23. The van der Waals surface area contributed by atoms with Gasteiger partial charge in [0.05, 0.1) is 34.2 Å². The Bertz CT molecular complexity index is 2640. The monoisotopic (exact) mass is 730 g/mol. The largest absolute Gasteiger partial charge is 0.359 e. The predicted molar refractivity (Wildman–Crippen MR) is 192 cm³/mol. The average Bonchev–Trinajstić information content (AvgIpc) is 3.90. The Morgan fingerprint density at radius 1 is 0.564 bits per heavy atom. The Hall–Kier alpha value is -7.84. The van der Waals surface area contributed by atoms with E-state index in [2.05, 4.69) is 15.0 Å². The number of hydrogen-bond donors (Lipinski definition) is 0. The van der Waals surface area contributed by atoms with Crippen molar-refractivity contribution >= 4 is 5.82 Å². The molecule has 0 atom stereocenters. The summed E-state index contributed by atoms with van der Waals surface area (Å²) < 4.78 is 61.6. The molecule has 0 fully saturated rings. The highest BCUT2D eigenvalue weighted by Crippen LogP contribution is 2.44. The van der Waals surface area contributed by atoms with E-state index in [-0.39, 0.29) is 56.8 Å². The summed E-state index contributed by atoms with van der Waals surface area (Å²) in [4.78, 5) is 23.4. The zero-order chi connectivity index (χ0) is 38.1. The maximum atomic E-state index is 15.3. The summed E-state index contributed by atoms with van der Waals surface area (Å²) in [5, 5.41) is 18.1. The van der Waals surface area contributed by atoms with Crippen molar-refractivity contribution in [3.63, 3.8) is 0 Å². The molecule has 0 saturated carbocycles. The van der Waals surface area contributed by atoms with Crippen LogP contribution in [0.5, 0.6) is 0 Å². The molecule has 0 aliphatic rings. The predicted octanol–water partition coefficient (Wildman–Crippen LogP) is 8.33. The molecule has 8 aromatic rings. The minimum absolute atomic E-state index is 0.0134. The quantitative estimate of drug-likeness (QED) is 0.114. The van der Waals surface area contributed by atoms with E-state index >= 15 is 8.78 Å². The fourth-order valence-corrected chi connectivity index (χ4v) is 6.30. The van der Waals surface area contributed by atoms with Gasteiger partial charge < -0.3 is 4.85 Å². The molecular weight excluding hydrogens is 709 g/mol. The van der Waals surface area contributed by atoms with Crippen molar-refractivity contribution in [2.24, 2.45) is 0 Å². The number of nitriles is 1. The minimum atomic E-state index is -1.70. The maximum absolute atomic E-state index is 15.3. The normalized spacial score (nSPS) is 11.2. The standard InChI is InChI=1S/C41H22F4N10/c1-47-38-19-21-55(53-38)40-13-5-11-37(51-40)41(36-10-4-12-39(50-36)54-20-18-27(24-46)52-54,34-8-2-6-32(48-34)28-16-14-25(42)22-30(28)44)35-9-3-7-33(49-35)29-17-15-26(43)23-31(29)45/h2-23H. The molecule has 0 saturated heterocycles. The van der Waals surface area contributed by atoms with E-state index in [1.54, 1.807) is 85.2 Å². The lowest BCUT2D eigenvalue weighted by Crippen LogP contribution is -2.36. The van der Waals surface area contributed by atoms with Gasteiger partial charge in [-0.3, -0.25) is 9.97 Å². The van der Waals surface area contributed by atoms with Crippen molar-refractivity contribution in [3.8, 4) is 40.2 Å². The fraction of sp³-hybridized carbons (Fsp3) is 0.0244. The van der Waals surface area contributed by atoms with Gasteiger partial charge in [-0.05, 0) is 90.0 Å². The van der Waals surface area contributed by atoms with Crippen LogP contribution < -0.4 is 0 Å². The first-order valence-electron chi connectivity index (χ1n) is 16.5. The zero-order valence-corrected chi connectivity index (χ0v) is 28.2. The summed E-state index contributed by atoms with van der Waals surface area (Å²) >= 11 is 0. The van der Waals surface area contributed by atoms with E-state index in [0.717, 1.165) is 24.3 Å². The van der Waals surface area contributed by atoms with Crippen molar-refractivity contribution in [2.45, 2.75) is 5.41 Å². The van der Waals surface area contributed by atoms with Crippen LogP contribution >= 0.6 is 0 Å². The highest BCUT2D eigenvalue weighted by Gasteiger charge is 2.45. The first kappa shape index (κ1) is 34.3. The van der Waals surface area contributed by atoms with Gasteiger partial charge in [0.25, 0.3) is 5.82 Å². The number of rotatable bonds is 8. The van der Waals surface area contributed by atoms with Gasteiger partial charge in [0, 0.05) is 35.7 Å². The highest BCUT2D eigenvalue weighted by atomic mass is 19.1. The molecule has 6 aromatic heterocycles. The third-order valence-corrected chi connectivity index (χ3v) is 8.78. The summed E-state index contributed by atoms with van der Waals surface area (Å²) in [5.74, 6) is -2.47. The molecular formula is C41H22F4N10. The molecule has 0 aliphatic heterocycles. The van der Waals surface area contributed by atoms with Crippen LogP contribution in [-0.2, 0) is 5.41 Å². The van der Waals surface area contributed by atoms with Gasteiger partial charge in [-0.1, -0.05) is 30.8 Å². The summed E-state index contributed by atoms with van der Waals surface area (Å²) in [5.41, 5.74) is -0.220. The van der Waals surface area contributed by atoms with E-state index in [0.29, 0.717) is 11.6 Å². The van der Waals surface area contributed by atoms with Crippen LogP contribution in [0.25, 0.3) is 39.0 Å². The third-order valence-electron chi connectivity index (χ3n) is 8.78. The Kier molecular flexibility index (Phi) is 8.69. The number of benzene rings is 2. The molecule has 0 unspecified atom stereocenters. The molecule has 10 nitrogen and oxygen atoms in total. The van der Waals surface area contributed by atoms with Crippen LogP contribution in [0.1, 0.15) is 28.5 Å². The lowest BCUT2D eigenvalue weighted by molar-refractivity contribution is 0.584. The lowest BCUT2D eigenvalue weighted by atomic mass is 9.73. The van der Waals surface area contributed by atoms with Crippen LogP contribution in [0.2, 0.25) is 0 Å². The molecule has 14 heteroatoms. The van der Waals surface area contributed by atoms with Crippen LogP contribution in [0.4, 0.5) is 23.4 Å². The zero-order valence-electron chi connectivity index (χ0n) is 28.2. The number of nitrogens with zero attached hydrogens (tertiary/aromatic N) is 10. The smallest absolute Gasteiger partial charge is 0.295 e. The van der Waals surface area contributed by atoms with Gasteiger partial charge in [-0.25, -0.2) is 32.2 Å². The average molecular weight is 731 g/mol. The minimum Gasteiger partial charge on any atom is -0.359 e. The molecule has 6 heterocycles. The van der Waals surface area contributed by atoms with Gasteiger partial charge in [0.15, 0.2) is 17.3 Å². The molecule has 0 bridgehead atoms. The van der Waals surface area contributed by atoms with Gasteiger partial charge in [-0.2, -0.15) is 10.4 Å². The first-order chi connectivity index (χ1) is 26.8. The van der Waals surface area contributed by atoms with E-state index in [1.807, 2.05) is 6.07 Å². The van der Waals surface area contributed by atoms with Crippen molar-refractivity contribution in [3.05, 3.63) is 197 Å².